The Labute approximate surface area is 237 Å². The summed E-state index contributed by atoms with van der Waals surface area (Å²) in [4.78, 5) is 28.9. The van der Waals surface area contributed by atoms with Gasteiger partial charge in [0.25, 0.3) is 10.0 Å². The van der Waals surface area contributed by atoms with Crippen LogP contribution in [0.25, 0.3) is 0 Å². The summed E-state index contributed by atoms with van der Waals surface area (Å²) in [6, 6.07) is 18.1. The van der Waals surface area contributed by atoms with Crippen molar-refractivity contribution in [1.82, 2.24) is 10.2 Å². The molecular formula is C31H38FN3O4S. The number of nitrogens with zero attached hydrogens (tertiary/aromatic N) is 2. The highest BCUT2D eigenvalue weighted by molar-refractivity contribution is 7.92. The molecule has 0 aliphatic carbocycles. The Hall–Kier alpha value is -3.72. The van der Waals surface area contributed by atoms with E-state index in [4.69, 9.17) is 0 Å². The number of hydrogen-bond donors (Lipinski definition) is 1. The number of amides is 2. The van der Waals surface area contributed by atoms with E-state index in [-0.39, 0.29) is 17.3 Å². The van der Waals surface area contributed by atoms with Crippen LogP contribution in [0.15, 0.2) is 77.7 Å². The van der Waals surface area contributed by atoms with Crippen molar-refractivity contribution in [3.8, 4) is 0 Å². The van der Waals surface area contributed by atoms with Crippen LogP contribution in [0.1, 0.15) is 50.8 Å². The molecule has 1 atom stereocenters. The van der Waals surface area contributed by atoms with E-state index in [0.29, 0.717) is 17.7 Å². The normalized spacial score (nSPS) is 12.5. The predicted molar refractivity (Wildman–Crippen MR) is 156 cm³/mol. The highest BCUT2D eigenvalue weighted by Crippen LogP contribution is 2.27. The Balaban J connectivity index is 2.09. The van der Waals surface area contributed by atoms with Gasteiger partial charge >= 0.3 is 0 Å². The molecule has 0 spiro atoms. The lowest BCUT2D eigenvalue weighted by Gasteiger charge is -2.35. The average molecular weight is 568 g/mol. The molecule has 7 nitrogen and oxygen atoms in total. The molecule has 0 heterocycles. The monoisotopic (exact) mass is 567 g/mol. The topological polar surface area (TPSA) is 86.8 Å². The summed E-state index contributed by atoms with van der Waals surface area (Å²) in [7, 11) is -4.14. The molecule has 0 saturated heterocycles. The van der Waals surface area contributed by atoms with Crippen molar-refractivity contribution >= 4 is 27.5 Å². The lowest BCUT2D eigenvalue weighted by atomic mass is 10.1. The second kappa shape index (κ2) is 12.6. The van der Waals surface area contributed by atoms with Crippen molar-refractivity contribution < 1.29 is 22.4 Å². The van der Waals surface area contributed by atoms with Gasteiger partial charge in [0.1, 0.15) is 18.4 Å². The molecule has 3 aromatic rings. The minimum atomic E-state index is -4.14. The SMILES string of the molecule is CC[C@@H](C(=O)NC(C)(C)C)N(Cc1ccc(F)cc1)C(=O)CN(c1cc(C)cc(C)c1)S(=O)(=O)c1ccccc1. The van der Waals surface area contributed by atoms with E-state index in [9.17, 15) is 22.4 Å². The lowest BCUT2D eigenvalue weighted by molar-refractivity contribution is -0.141. The molecule has 3 aromatic carbocycles. The summed E-state index contributed by atoms with van der Waals surface area (Å²) in [6.07, 6.45) is 0.295. The number of rotatable bonds is 10. The first-order valence-corrected chi connectivity index (χ1v) is 14.7. The number of benzene rings is 3. The van der Waals surface area contributed by atoms with E-state index in [1.54, 1.807) is 49.4 Å². The quantitative estimate of drug-likeness (QED) is 0.357. The van der Waals surface area contributed by atoms with Gasteiger partial charge in [-0.1, -0.05) is 43.3 Å². The van der Waals surface area contributed by atoms with Crippen LogP contribution >= 0.6 is 0 Å². The van der Waals surface area contributed by atoms with Crippen molar-refractivity contribution in [2.75, 3.05) is 10.8 Å². The van der Waals surface area contributed by atoms with Gasteiger partial charge in [0, 0.05) is 12.1 Å². The summed E-state index contributed by atoms with van der Waals surface area (Å²) in [5, 5.41) is 2.93. The number of carbonyl (C=O) groups is 2. The van der Waals surface area contributed by atoms with Crippen LogP contribution in [-0.2, 0) is 26.2 Å². The highest BCUT2D eigenvalue weighted by atomic mass is 32.2. The number of anilines is 1. The van der Waals surface area contributed by atoms with Crippen LogP contribution in [0.4, 0.5) is 10.1 Å². The van der Waals surface area contributed by atoms with Gasteiger partial charge in [-0.2, -0.15) is 0 Å². The van der Waals surface area contributed by atoms with Gasteiger partial charge in [0.2, 0.25) is 11.8 Å². The predicted octanol–water partition coefficient (Wildman–Crippen LogP) is 5.36. The van der Waals surface area contributed by atoms with Gasteiger partial charge in [0.15, 0.2) is 0 Å². The molecule has 0 unspecified atom stereocenters. The number of halogens is 1. The molecule has 0 radical (unpaired) electrons. The molecule has 0 aliphatic heterocycles. The van der Waals surface area contributed by atoms with Gasteiger partial charge in [-0.05, 0) is 94.1 Å². The van der Waals surface area contributed by atoms with Crippen LogP contribution < -0.4 is 9.62 Å². The second-order valence-corrected chi connectivity index (χ2v) is 12.8. The number of hydrogen-bond acceptors (Lipinski definition) is 4. The largest absolute Gasteiger partial charge is 0.350 e. The van der Waals surface area contributed by atoms with Gasteiger partial charge in [-0.3, -0.25) is 13.9 Å². The average Bonchev–Trinajstić information content (AvgIpc) is 2.87. The summed E-state index contributed by atoms with van der Waals surface area (Å²) in [5.74, 6) is -1.33. The second-order valence-electron chi connectivity index (χ2n) is 11.0. The van der Waals surface area contributed by atoms with E-state index in [1.165, 1.54) is 29.2 Å². The maximum Gasteiger partial charge on any atom is 0.264 e. The maximum atomic E-state index is 14.1. The van der Waals surface area contributed by atoms with Crippen LogP contribution in [0.2, 0.25) is 0 Å². The van der Waals surface area contributed by atoms with Crippen LogP contribution in [0.5, 0.6) is 0 Å². The maximum absolute atomic E-state index is 14.1. The summed E-state index contributed by atoms with van der Waals surface area (Å²) < 4.78 is 42.5. The lowest BCUT2D eigenvalue weighted by Crippen LogP contribution is -2.55. The Kier molecular flexibility index (Phi) is 9.73. The van der Waals surface area contributed by atoms with Crippen LogP contribution in [0, 0.1) is 19.7 Å². The molecule has 0 fully saturated rings. The molecular weight excluding hydrogens is 529 g/mol. The summed E-state index contributed by atoms with van der Waals surface area (Å²) in [6.45, 7) is 10.5. The Morgan fingerprint density at radius 2 is 1.50 bits per heavy atom. The molecule has 214 valence electrons. The van der Waals surface area contributed by atoms with Gasteiger partial charge in [-0.15, -0.1) is 0 Å². The standard InChI is InChI=1S/C31H38FN3O4S/c1-7-28(30(37)33-31(4,5)6)34(20-24-13-15-25(32)16-14-24)29(36)21-35(26-18-22(2)17-23(3)19-26)40(38,39)27-11-9-8-10-12-27/h8-19,28H,7,20-21H2,1-6H3,(H,33,37)/t28-/m0/s1. The van der Waals surface area contributed by atoms with Crippen molar-refractivity contribution in [3.05, 3.63) is 95.3 Å². The van der Waals surface area contributed by atoms with Crippen molar-refractivity contribution in [1.29, 1.82) is 0 Å². The smallest absolute Gasteiger partial charge is 0.264 e. The van der Waals surface area contributed by atoms with E-state index in [1.807, 2.05) is 40.7 Å². The minimum Gasteiger partial charge on any atom is -0.350 e. The highest BCUT2D eigenvalue weighted by Gasteiger charge is 2.34. The first kappa shape index (κ1) is 30.8. The third kappa shape index (κ3) is 7.91. The van der Waals surface area contributed by atoms with Crippen LogP contribution in [0.3, 0.4) is 0 Å². The number of sulfonamides is 1. The number of nitrogens with one attached hydrogen (secondary N) is 1. The number of carbonyl (C=O) groups excluding carboxylic acids is 2. The van der Waals surface area contributed by atoms with E-state index >= 15 is 0 Å². The zero-order valence-corrected chi connectivity index (χ0v) is 24.8. The summed E-state index contributed by atoms with van der Waals surface area (Å²) >= 11 is 0. The Morgan fingerprint density at radius 1 is 0.925 bits per heavy atom. The van der Waals surface area contributed by atoms with Gasteiger partial charge in [-0.25, -0.2) is 12.8 Å². The fourth-order valence-electron chi connectivity index (χ4n) is 4.50. The molecule has 2 amide bonds. The molecule has 0 aliphatic rings. The van der Waals surface area contributed by atoms with Crippen molar-refractivity contribution in [2.24, 2.45) is 0 Å². The van der Waals surface area contributed by atoms with E-state index in [0.717, 1.165) is 15.4 Å². The zero-order chi connectivity index (χ0) is 29.7. The molecule has 0 bridgehead atoms. The molecule has 9 heteroatoms. The minimum absolute atomic E-state index is 0.00124. The van der Waals surface area contributed by atoms with Crippen molar-refractivity contribution in [2.45, 2.75) is 71.0 Å². The molecule has 0 aromatic heterocycles. The fraction of sp³-hybridized carbons (Fsp3) is 0.355. The van der Waals surface area contributed by atoms with E-state index < -0.39 is 39.9 Å². The first-order valence-electron chi connectivity index (χ1n) is 13.2. The first-order chi connectivity index (χ1) is 18.7. The zero-order valence-electron chi connectivity index (χ0n) is 23.9. The van der Waals surface area contributed by atoms with Crippen molar-refractivity contribution in [3.63, 3.8) is 0 Å². The van der Waals surface area contributed by atoms with Gasteiger partial charge in [0.05, 0.1) is 10.6 Å². The Morgan fingerprint density at radius 3 is 2.02 bits per heavy atom. The van der Waals surface area contributed by atoms with Crippen LogP contribution in [-0.4, -0.2) is 43.3 Å². The van der Waals surface area contributed by atoms with Gasteiger partial charge < -0.3 is 10.2 Å². The molecule has 40 heavy (non-hydrogen) atoms. The third-order valence-electron chi connectivity index (χ3n) is 6.25. The molecule has 0 saturated carbocycles. The van der Waals surface area contributed by atoms with E-state index in [2.05, 4.69) is 5.32 Å². The molecule has 3 rings (SSSR count). The summed E-state index contributed by atoms with van der Waals surface area (Å²) in [5.41, 5.74) is 2.10. The number of aryl methyl sites for hydroxylation is 2. The Bertz CT molecular complexity index is 1420. The fourth-order valence-corrected chi connectivity index (χ4v) is 5.92. The molecule has 1 N–H and O–H groups in total. The third-order valence-corrected chi connectivity index (χ3v) is 8.04.